The van der Waals surface area contributed by atoms with Gasteiger partial charge in [-0.2, -0.15) is 0 Å². The van der Waals surface area contributed by atoms with Gasteiger partial charge < -0.3 is 19.4 Å². The Labute approximate surface area is 155 Å². The van der Waals surface area contributed by atoms with Crippen LogP contribution >= 0.6 is 0 Å². The second-order valence-corrected chi connectivity index (χ2v) is 6.43. The van der Waals surface area contributed by atoms with E-state index in [1.165, 1.54) is 19.1 Å². The number of amides is 1. The summed E-state index contributed by atoms with van der Waals surface area (Å²) in [4.78, 5) is 35.1. The van der Waals surface area contributed by atoms with E-state index in [4.69, 9.17) is 9.47 Å². The normalized spacial score (nSPS) is 19.7. The molecule has 3 aromatic rings. The molecule has 1 aliphatic rings. The van der Waals surface area contributed by atoms with Crippen LogP contribution in [0.5, 0.6) is 11.5 Å². The first-order valence-electron chi connectivity index (χ1n) is 8.58. The van der Waals surface area contributed by atoms with Crippen molar-refractivity contribution >= 4 is 28.4 Å². The number of H-pyrrole nitrogens is 1. The number of carbonyl (C=O) groups excluding carboxylic acids is 2. The maximum atomic E-state index is 13.2. The number of hydrogen-bond acceptors (Lipinski definition) is 5. The van der Waals surface area contributed by atoms with Gasteiger partial charge >= 0.3 is 0 Å². The first-order valence-corrected chi connectivity index (χ1v) is 8.58. The highest BCUT2D eigenvalue weighted by Crippen LogP contribution is 2.37. The summed E-state index contributed by atoms with van der Waals surface area (Å²) in [6.45, 7) is 1.72. The number of anilines is 1. The average Bonchev–Trinajstić information content (AvgIpc) is 3.19. The van der Waals surface area contributed by atoms with Crippen molar-refractivity contribution in [2.75, 3.05) is 19.1 Å². The zero-order valence-corrected chi connectivity index (χ0v) is 15.2. The van der Waals surface area contributed by atoms with E-state index in [2.05, 4.69) is 9.97 Å². The van der Waals surface area contributed by atoms with E-state index < -0.39 is 12.0 Å². The van der Waals surface area contributed by atoms with Crippen molar-refractivity contribution in [3.63, 3.8) is 0 Å². The second kappa shape index (κ2) is 6.42. The Morgan fingerprint density at radius 2 is 1.70 bits per heavy atom. The Bertz CT molecular complexity index is 987. The SMILES string of the molecule is COc1cc(OC)cc(N2C(=O)C(c3nc4ccccc4[nH]3)C(=O)C2C)c1. The third-order valence-corrected chi connectivity index (χ3v) is 4.86. The Morgan fingerprint density at radius 3 is 2.33 bits per heavy atom. The van der Waals surface area contributed by atoms with Crippen LogP contribution in [-0.2, 0) is 9.59 Å². The van der Waals surface area contributed by atoms with Crippen molar-refractivity contribution in [3.8, 4) is 11.5 Å². The maximum Gasteiger partial charge on any atom is 0.246 e. The lowest BCUT2D eigenvalue weighted by Crippen LogP contribution is -2.33. The van der Waals surface area contributed by atoms with Crippen molar-refractivity contribution in [3.05, 3.63) is 48.3 Å². The molecule has 1 fully saturated rings. The number of nitrogens with one attached hydrogen (secondary N) is 1. The molecule has 0 bridgehead atoms. The fraction of sp³-hybridized carbons (Fsp3) is 0.250. The topological polar surface area (TPSA) is 84.5 Å². The minimum atomic E-state index is -0.954. The highest BCUT2D eigenvalue weighted by Gasteiger charge is 2.48. The van der Waals surface area contributed by atoms with Gasteiger partial charge in [0.1, 0.15) is 17.3 Å². The lowest BCUT2D eigenvalue weighted by Gasteiger charge is -2.21. The van der Waals surface area contributed by atoms with Crippen LogP contribution in [0, 0.1) is 0 Å². The van der Waals surface area contributed by atoms with Crippen LogP contribution in [0.2, 0.25) is 0 Å². The van der Waals surface area contributed by atoms with Crippen molar-refractivity contribution < 1.29 is 19.1 Å². The number of para-hydroxylation sites is 2. The number of carbonyl (C=O) groups is 2. The molecule has 0 aliphatic carbocycles. The lowest BCUT2D eigenvalue weighted by molar-refractivity contribution is -0.124. The van der Waals surface area contributed by atoms with E-state index >= 15 is 0 Å². The molecule has 7 heteroatoms. The minimum absolute atomic E-state index is 0.194. The Balaban J connectivity index is 1.76. The summed E-state index contributed by atoms with van der Waals surface area (Å²) in [5.74, 6) is -0.00400. The van der Waals surface area contributed by atoms with Crippen molar-refractivity contribution in [2.24, 2.45) is 0 Å². The molecule has 1 aromatic heterocycles. The molecule has 7 nitrogen and oxygen atoms in total. The first-order chi connectivity index (χ1) is 13.0. The Morgan fingerprint density at radius 1 is 1.04 bits per heavy atom. The van der Waals surface area contributed by atoms with E-state index in [9.17, 15) is 9.59 Å². The van der Waals surface area contributed by atoms with Gasteiger partial charge in [0, 0.05) is 18.2 Å². The fourth-order valence-corrected chi connectivity index (χ4v) is 3.46. The van der Waals surface area contributed by atoms with Crippen LogP contribution in [0.25, 0.3) is 11.0 Å². The van der Waals surface area contributed by atoms with Gasteiger partial charge in [0.2, 0.25) is 5.91 Å². The van der Waals surface area contributed by atoms with Gasteiger partial charge in [-0.1, -0.05) is 12.1 Å². The summed E-state index contributed by atoms with van der Waals surface area (Å²) in [6.07, 6.45) is 0. The maximum absolute atomic E-state index is 13.2. The average molecular weight is 365 g/mol. The molecule has 2 atom stereocenters. The number of imidazole rings is 1. The predicted octanol–water partition coefficient (Wildman–Crippen LogP) is 2.67. The van der Waals surface area contributed by atoms with E-state index in [1.807, 2.05) is 24.3 Å². The number of aromatic nitrogens is 2. The van der Waals surface area contributed by atoms with Crippen LogP contribution in [0.4, 0.5) is 5.69 Å². The highest BCUT2D eigenvalue weighted by molar-refractivity contribution is 6.22. The third kappa shape index (κ3) is 2.71. The second-order valence-electron chi connectivity index (χ2n) is 6.43. The number of fused-ring (bicyclic) bond motifs is 1. The van der Waals surface area contributed by atoms with E-state index in [0.717, 1.165) is 11.0 Å². The Hall–Kier alpha value is -3.35. The number of ether oxygens (including phenoxy) is 2. The summed E-state index contributed by atoms with van der Waals surface area (Å²) in [5.41, 5.74) is 2.07. The van der Waals surface area contributed by atoms with Gasteiger partial charge in [-0.15, -0.1) is 0 Å². The molecule has 1 aliphatic heterocycles. The summed E-state index contributed by atoms with van der Waals surface area (Å²) in [5, 5.41) is 0. The standard InChI is InChI=1S/C20H19N3O4/c1-11-18(24)17(19-21-15-6-4-5-7-16(15)22-19)20(25)23(11)12-8-13(26-2)10-14(9-12)27-3/h4-11,17H,1-3H3,(H,21,22). The van der Waals surface area contributed by atoms with Crippen LogP contribution < -0.4 is 14.4 Å². The number of ketones is 1. The molecule has 138 valence electrons. The smallest absolute Gasteiger partial charge is 0.246 e. The fourth-order valence-electron chi connectivity index (χ4n) is 3.46. The van der Waals surface area contributed by atoms with Gasteiger partial charge in [-0.3, -0.25) is 9.59 Å². The Kier molecular flexibility index (Phi) is 4.07. The number of hydrogen-bond donors (Lipinski definition) is 1. The van der Waals surface area contributed by atoms with Gasteiger partial charge in [0.15, 0.2) is 11.7 Å². The molecule has 0 spiro atoms. The van der Waals surface area contributed by atoms with E-state index in [1.54, 1.807) is 25.1 Å². The summed E-state index contributed by atoms with van der Waals surface area (Å²) < 4.78 is 10.6. The molecule has 1 N–H and O–H groups in total. The molecule has 1 amide bonds. The molecule has 4 rings (SSSR count). The van der Waals surface area contributed by atoms with Crippen LogP contribution in [0.3, 0.4) is 0 Å². The quantitative estimate of drug-likeness (QED) is 0.719. The zero-order chi connectivity index (χ0) is 19.1. The van der Waals surface area contributed by atoms with E-state index in [0.29, 0.717) is 23.0 Å². The van der Waals surface area contributed by atoms with Crippen molar-refractivity contribution in [1.82, 2.24) is 9.97 Å². The number of benzene rings is 2. The summed E-state index contributed by atoms with van der Waals surface area (Å²) in [7, 11) is 3.08. The molecular formula is C20H19N3O4. The molecule has 0 saturated carbocycles. The number of aromatic amines is 1. The van der Waals surface area contributed by atoms with Crippen LogP contribution in [-0.4, -0.2) is 41.9 Å². The van der Waals surface area contributed by atoms with Crippen molar-refractivity contribution in [1.29, 1.82) is 0 Å². The van der Waals surface area contributed by atoms with E-state index in [-0.39, 0.29) is 11.7 Å². The molecule has 27 heavy (non-hydrogen) atoms. The van der Waals surface area contributed by atoms with Gasteiger partial charge in [0.05, 0.1) is 37.0 Å². The molecule has 2 heterocycles. The first kappa shape index (κ1) is 17.1. The largest absolute Gasteiger partial charge is 0.497 e. The molecule has 2 aromatic carbocycles. The van der Waals surface area contributed by atoms with Crippen molar-refractivity contribution in [2.45, 2.75) is 18.9 Å². The summed E-state index contributed by atoms with van der Waals surface area (Å²) in [6, 6.07) is 12.0. The number of Topliss-reactive ketones (excluding diaryl/α,β-unsaturated/α-hetero) is 1. The minimum Gasteiger partial charge on any atom is -0.497 e. The highest BCUT2D eigenvalue weighted by atomic mass is 16.5. The number of methoxy groups -OCH3 is 2. The monoisotopic (exact) mass is 365 g/mol. The van der Waals surface area contributed by atoms with Crippen LogP contribution in [0.1, 0.15) is 18.7 Å². The number of nitrogens with zero attached hydrogens (tertiary/aromatic N) is 2. The van der Waals surface area contributed by atoms with Crippen LogP contribution in [0.15, 0.2) is 42.5 Å². The van der Waals surface area contributed by atoms with Gasteiger partial charge in [-0.25, -0.2) is 4.98 Å². The third-order valence-electron chi connectivity index (χ3n) is 4.86. The molecule has 0 radical (unpaired) electrons. The van der Waals surface area contributed by atoms with Gasteiger partial charge in [0.25, 0.3) is 0 Å². The number of rotatable bonds is 4. The zero-order valence-electron chi connectivity index (χ0n) is 15.2. The predicted molar refractivity (Wildman–Crippen MR) is 100 cm³/mol. The molecule has 2 unspecified atom stereocenters. The van der Waals surface area contributed by atoms with Gasteiger partial charge in [-0.05, 0) is 19.1 Å². The summed E-state index contributed by atoms with van der Waals surface area (Å²) >= 11 is 0. The molecular weight excluding hydrogens is 346 g/mol. The lowest BCUT2D eigenvalue weighted by atomic mass is 10.0. The molecule has 1 saturated heterocycles.